The highest BCUT2D eigenvalue weighted by atomic mass is 16.5. The number of aromatic nitrogens is 2. The number of hydrogen-bond donors (Lipinski definition) is 3. The van der Waals surface area contributed by atoms with Crippen LogP contribution < -0.4 is 20.1 Å². The molecule has 0 fully saturated rings. The number of fused-ring (bicyclic) bond motifs is 1. The first-order valence-corrected chi connectivity index (χ1v) is 16.9. The van der Waals surface area contributed by atoms with Gasteiger partial charge in [-0.15, -0.1) is 0 Å². The van der Waals surface area contributed by atoms with E-state index in [1.807, 2.05) is 80.6 Å². The number of methoxy groups -OCH3 is 1. The van der Waals surface area contributed by atoms with E-state index in [2.05, 4.69) is 32.5 Å². The van der Waals surface area contributed by atoms with Crippen LogP contribution in [0.5, 0.6) is 11.5 Å². The summed E-state index contributed by atoms with van der Waals surface area (Å²) in [7, 11) is 3.70. The molecular weight excluding hydrogens is 670 g/mol. The van der Waals surface area contributed by atoms with Gasteiger partial charge in [-0.3, -0.25) is 24.5 Å². The third-order valence-electron chi connectivity index (χ3n) is 7.89. The lowest BCUT2D eigenvalue weighted by Crippen LogP contribution is -2.19. The van der Waals surface area contributed by atoms with Gasteiger partial charge in [-0.25, -0.2) is 4.79 Å². The topological polar surface area (TPSA) is 143 Å². The van der Waals surface area contributed by atoms with Gasteiger partial charge in [0.15, 0.2) is 11.5 Å². The molecule has 0 aliphatic rings. The number of ether oxygens (including phenoxy) is 2. The van der Waals surface area contributed by atoms with Crippen molar-refractivity contribution in [3.05, 3.63) is 156 Å². The van der Waals surface area contributed by atoms with E-state index in [-0.39, 0.29) is 23.5 Å². The van der Waals surface area contributed by atoms with Gasteiger partial charge >= 0.3 is 5.97 Å². The zero-order chi connectivity index (χ0) is 37.7. The van der Waals surface area contributed by atoms with Gasteiger partial charge in [0.1, 0.15) is 0 Å². The first-order chi connectivity index (χ1) is 25.6. The summed E-state index contributed by atoms with van der Waals surface area (Å²) >= 11 is 0. The Balaban J connectivity index is 0.000000347. The second-order valence-corrected chi connectivity index (χ2v) is 12.4. The summed E-state index contributed by atoms with van der Waals surface area (Å²) in [5, 5.41) is 15.3. The van der Waals surface area contributed by atoms with E-state index < -0.39 is 5.97 Å². The lowest BCUT2D eigenvalue weighted by atomic mass is 10.1. The maximum absolute atomic E-state index is 13.1. The molecule has 11 nitrogen and oxygen atoms in total. The van der Waals surface area contributed by atoms with Crippen LogP contribution in [0.2, 0.25) is 0 Å². The Bertz CT molecular complexity index is 2170. The molecule has 0 unspecified atom stereocenters. The van der Waals surface area contributed by atoms with E-state index in [9.17, 15) is 14.4 Å². The number of carbonyl (C=O) groups excluding carboxylic acids is 2. The number of benzene rings is 4. The Hall–Kier alpha value is -6.59. The highest BCUT2D eigenvalue weighted by Gasteiger charge is 2.15. The highest BCUT2D eigenvalue weighted by Crippen LogP contribution is 2.29. The Morgan fingerprint density at radius 2 is 1.47 bits per heavy atom. The number of nitrogens with one attached hydrogen (secondary N) is 2. The van der Waals surface area contributed by atoms with Crippen molar-refractivity contribution in [2.75, 3.05) is 24.8 Å². The number of nitrogens with zero attached hydrogens (tertiary/aromatic N) is 3. The molecule has 0 saturated heterocycles. The fourth-order valence-corrected chi connectivity index (χ4v) is 5.41. The van der Waals surface area contributed by atoms with Crippen molar-refractivity contribution < 1.29 is 29.0 Å². The molecule has 0 saturated carbocycles. The van der Waals surface area contributed by atoms with E-state index in [0.717, 1.165) is 46.6 Å². The highest BCUT2D eigenvalue weighted by molar-refractivity contribution is 6.12. The Labute approximate surface area is 308 Å². The van der Waals surface area contributed by atoms with E-state index in [1.165, 1.54) is 12.4 Å². The number of amides is 2. The van der Waals surface area contributed by atoms with Crippen LogP contribution >= 0.6 is 0 Å². The van der Waals surface area contributed by atoms with Crippen LogP contribution in [0.15, 0.2) is 128 Å². The fraction of sp³-hybridized carbons (Fsp3) is 0.167. The lowest BCUT2D eigenvalue weighted by Gasteiger charge is -2.19. The molecule has 0 spiro atoms. The summed E-state index contributed by atoms with van der Waals surface area (Å²) in [4.78, 5) is 46.4. The Morgan fingerprint density at radius 1 is 0.755 bits per heavy atom. The van der Waals surface area contributed by atoms with E-state index >= 15 is 0 Å². The van der Waals surface area contributed by atoms with Crippen molar-refractivity contribution in [2.24, 2.45) is 0 Å². The molecule has 53 heavy (non-hydrogen) atoms. The van der Waals surface area contributed by atoms with Crippen LogP contribution in [-0.2, 0) is 13.1 Å². The number of carbonyl (C=O) groups is 3. The molecule has 2 aromatic heterocycles. The molecule has 2 amide bonds. The van der Waals surface area contributed by atoms with E-state index in [0.29, 0.717) is 22.5 Å². The van der Waals surface area contributed by atoms with E-state index in [4.69, 9.17) is 14.6 Å². The third-order valence-corrected chi connectivity index (χ3v) is 7.89. The maximum atomic E-state index is 13.1. The van der Waals surface area contributed by atoms with Gasteiger partial charge in [0.2, 0.25) is 0 Å². The summed E-state index contributed by atoms with van der Waals surface area (Å²) in [6.07, 6.45) is 4.50. The predicted molar refractivity (Wildman–Crippen MR) is 206 cm³/mol. The number of rotatable bonds is 12. The van der Waals surface area contributed by atoms with Gasteiger partial charge < -0.3 is 25.2 Å². The Kier molecular flexibility index (Phi) is 12.8. The predicted octanol–water partition coefficient (Wildman–Crippen LogP) is 7.95. The van der Waals surface area contributed by atoms with Crippen molar-refractivity contribution in [3.63, 3.8) is 0 Å². The molecule has 6 aromatic rings. The molecule has 11 heteroatoms. The number of carboxylic acids is 1. The lowest BCUT2D eigenvalue weighted by molar-refractivity contribution is 0.0696. The van der Waals surface area contributed by atoms with Crippen molar-refractivity contribution in [1.82, 2.24) is 14.9 Å². The van der Waals surface area contributed by atoms with Gasteiger partial charge in [-0.2, -0.15) is 0 Å². The summed E-state index contributed by atoms with van der Waals surface area (Å²) in [5.74, 6) is -0.137. The summed E-state index contributed by atoms with van der Waals surface area (Å²) < 4.78 is 11.3. The number of para-hydroxylation sites is 2. The van der Waals surface area contributed by atoms with Crippen LogP contribution in [-0.4, -0.2) is 58.0 Å². The molecule has 270 valence electrons. The zero-order valence-corrected chi connectivity index (χ0v) is 29.9. The number of aromatic carboxylic acids is 1. The monoisotopic (exact) mass is 711 g/mol. The van der Waals surface area contributed by atoms with Crippen molar-refractivity contribution in [1.29, 1.82) is 0 Å². The van der Waals surface area contributed by atoms with Gasteiger partial charge in [0.25, 0.3) is 11.8 Å². The molecular formula is C42H41N5O6. The van der Waals surface area contributed by atoms with Gasteiger partial charge in [0.05, 0.1) is 41.1 Å². The molecule has 0 aliphatic carbocycles. The van der Waals surface area contributed by atoms with Crippen LogP contribution in [0.3, 0.4) is 0 Å². The largest absolute Gasteiger partial charge is 0.493 e. The average Bonchev–Trinajstić information content (AvgIpc) is 3.16. The smallest absolute Gasteiger partial charge is 0.337 e. The van der Waals surface area contributed by atoms with Crippen LogP contribution in [0, 0.1) is 0 Å². The minimum Gasteiger partial charge on any atom is -0.493 e. The van der Waals surface area contributed by atoms with Crippen LogP contribution in [0.25, 0.3) is 10.9 Å². The molecule has 6 rings (SSSR count). The van der Waals surface area contributed by atoms with E-state index in [1.54, 1.807) is 55.8 Å². The first kappa shape index (κ1) is 37.7. The van der Waals surface area contributed by atoms with Gasteiger partial charge in [0, 0.05) is 42.8 Å². The van der Waals surface area contributed by atoms with Crippen molar-refractivity contribution in [2.45, 2.75) is 33.0 Å². The molecule has 3 N–H and O–H groups in total. The summed E-state index contributed by atoms with van der Waals surface area (Å²) in [5.41, 5.74) is 5.13. The molecule has 0 atom stereocenters. The molecule has 0 radical (unpaired) electrons. The quantitative estimate of drug-likeness (QED) is 0.115. The summed E-state index contributed by atoms with van der Waals surface area (Å²) in [6.45, 7) is 5.44. The zero-order valence-electron chi connectivity index (χ0n) is 29.9. The molecule has 2 heterocycles. The van der Waals surface area contributed by atoms with Gasteiger partial charge in [-0.1, -0.05) is 48.5 Å². The Morgan fingerprint density at radius 3 is 2.19 bits per heavy atom. The standard InChI is InChI=1S/C32H34N4O4.C10H7NO2/c1-22(2)40-30-18-24(13-16-29(30)39-4)21-36(3)20-23-11-14-26(15-12-23)34-32(38)27-9-5-6-10-28(27)35-31(37)25-8-7-17-33-19-25;12-10(13)8-5-7-3-1-2-4-9(7)11-6-8/h5-19,22H,20-21H2,1-4H3,(H,34,38)(H,35,37);1-6H,(H,12,13). The summed E-state index contributed by atoms with van der Waals surface area (Å²) in [6, 6.07) is 33.0. The third kappa shape index (κ3) is 10.7. The van der Waals surface area contributed by atoms with Crippen LogP contribution in [0.4, 0.5) is 11.4 Å². The first-order valence-electron chi connectivity index (χ1n) is 16.9. The van der Waals surface area contributed by atoms with Crippen molar-refractivity contribution in [3.8, 4) is 11.5 Å². The van der Waals surface area contributed by atoms with Gasteiger partial charge in [-0.05, 0) is 92.7 Å². The minimum absolute atomic E-state index is 0.0555. The van der Waals surface area contributed by atoms with Crippen LogP contribution in [0.1, 0.15) is 56.0 Å². The normalized spacial score (nSPS) is 10.7. The average molecular weight is 712 g/mol. The number of pyridine rings is 2. The number of hydrogen-bond acceptors (Lipinski definition) is 8. The molecule has 0 bridgehead atoms. The minimum atomic E-state index is -0.946. The molecule has 0 aliphatic heterocycles. The molecule has 4 aromatic carbocycles. The fourth-order valence-electron chi connectivity index (χ4n) is 5.41. The SMILES string of the molecule is COc1ccc(CN(C)Cc2ccc(NC(=O)c3ccccc3NC(=O)c3cccnc3)cc2)cc1OC(C)C.O=C(O)c1cnc2ccccc2c1. The number of carboxylic acid groups (broad SMARTS) is 1. The number of anilines is 2. The second-order valence-electron chi connectivity index (χ2n) is 12.4. The second kappa shape index (κ2) is 18.1. The maximum Gasteiger partial charge on any atom is 0.337 e. The van der Waals surface area contributed by atoms with Crippen molar-refractivity contribution >= 4 is 40.1 Å².